The maximum atomic E-state index is 13.0. The molecule has 1 aliphatic rings. The maximum absolute atomic E-state index is 13.0. The number of aliphatic hydroxyl groups is 5. The van der Waals surface area contributed by atoms with Crippen molar-refractivity contribution in [3.05, 3.63) is 158 Å². The van der Waals surface area contributed by atoms with E-state index in [1.165, 1.54) is 51.4 Å². The average molecular weight is 1050 g/mol. The van der Waals surface area contributed by atoms with E-state index in [4.69, 9.17) is 9.47 Å². The van der Waals surface area contributed by atoms with Crippen LogP contribution in [-0.2, 0) is 14.3 Å². The Morgan fingerprint density at radius 2 is 0.816 bits per heavy atom. The van der Waals surface area contributed by atoms with Gasteiger partial charge in [0.1, 0.15) is 24.4 Å². The van der Waals surface area contributed by atoms with Gasteiger partial charge >= 0.3 is 0 Å². The summed E-state index contributed by atoms with van der Waals surface area (Å²) in [4.78, 5) is 13.0. The van der Waals surface area contributed by atoms with Crippen LogP contribution in [-0.4, -0.2) is 87.5 Å². The first-order chi connectivity index (χ1) is 37.3. The Hall–Kier alpha value is -4.19. The van der Waals surface area contributed by atoms with Crippen molar-refractivity contribution < 1.29 is 39.8 Å². The lowest BCUT2D eigenvalue weighted by Crippen LogP contribution is -2.60. The number of nitrogens with one attached hydrogen (secondary N) is 1. The molecule has 1 aliphatic heterocycles. The van der Waals surface area contributed by atoms with Gasteiger partial charge in [-0.3, -0.25) is 4.79 Å². The zero-order valence-corrected chi connectivity index (χ0v) is 47.4. The van der Waals surface area contributed by atoms with Crippen LogP contribution >= 0.6 is 0 Å². The monoisotopic (exact) mass is 1050 g/mol. The van der Waals surface area contributed by atoms with Gasteiger partial charge < -0.3 is 40.3 Å². The number of rotatable bonds is 48. The van der Waals surface area contributed by atoms with Gasteiger partial charge in [-0.05, 0) is 109 Å². The molecule has 0 bridgehead atoms. The lowest BCUT2D eigenvalue weighted by molar-refractivity contribution is -0.302. The minimum atomic E-state index is -1.58. The van der Waals surface area contributed by atoms with E-state index in [2.05, 4.69) is 165 Å². The Labute approximate surface area is 463 Å². The van der Waals surface area contributed by atoms with Crippen molar-refractivity contribution in [3.63, 3.8) is 0 Å². The number of amides is 1. The van der Waals surface area contributed by atoms with Crippen LogP contribution in [0, 0.1) is 0 Å². The molecule has 428 valence electrons. The summed E-state index contributed by atoms with van der Waals surface area (Å²) in [5.74, 6) is -0.209. The lowest BCUT2D eigenvalue weighted by atomic mass is 9.99. The van der Waals surface area contributed by atoms with Crippen LogP contribution in [0.1, 0.15) is 200 Å². The molecule has 0 aliphatic carbocycles. The summed E-state index contributed by atoms with van der Waals surface area (Å²) in [6.07, 6.45) is 78.9. The van der Waals surface area contributed by atoms with Gasteiger partial charge in [0, 0.05) is 6.42 Å². The molecule has 7 atom stereocenters. The Morgan fingerprint density at radius 3 is 1.21 bits per heavy atom. The number of unbranched alkanes of at least 4 members (excludes halogenated alkanes) is 14. The summed E-state index contributed by atoms with van der Waals surface area (Å²) < 4.78 is 11.2. The second kappa shape index (κ2) is 54.2. The van der Waals surface area contributed by atoms with Crippen molar-refractivity contribution in [2.75, 3.05) is 13.2 Å². The molecule has 0 spiro atoms. The predicted molar refractivity (Wildman–Crippen MR) is 322 cm³/mol. The third-order valence-corrected chi connectivity index (χ3v) is 12.9. The highest BCUT2D eigenvalue weighted by atomic mass is 16.7. The van der Waals surface area contributed by atoms with Crippen molar-refractivity contribution in [2.24, 2.45) is 0 Å². The molecule has 6 N–H and O–H groups in total. The predicted octanol–water partition coefficient (Wildman–Crippen LogP) is 15.2. The summed E-state index contributed by atoms with van der Waals surface area (Å²) in [7, 11) is 0. The highest BCUT2D eigenvalue weighted by Crippen LogP contribution is 2.22. The number of carbonyl (C=O) groups is 1. The van der Waals surface area contributed by atoms with Crippen LogP contribution in [0.25, 0.3) is 0 Å². The van der Waals surface area contributed by atoms with E-state index in [0.29, 0.717) is 12.8 Å². The van der Waals surface area contributed by atoms with Gasteiger partial charge in [-0.15, -0.1) is 0 Å². The highest BCUT2D eigenvalue weighted by molar-refractivity contribution is 5.76. The number of hydrogen-bond donors (Lipinski definition) is 6. The first-order valence-corrected chi connectivity index (χ1v) is 29.7. The first kappa shape index (κ1) is 69.8. The third-order valence-electron chi connectivity index (χ3n) is 12.9. The molecule has 0 radical (unpaired) electrons. The second-order valence-corrected chi connectivity index (χ2v) is 19.7. The summed E-state index contributed by atoms with van der Waals surface area (Å²) in [6.45, 7) is 3.61. The van der Waals surface area contributed by atoms with E-state index in [1.807, 2.05) is 6.08 Å². The average Bonchev–Trinajstić information content (AvgIpc) is 3.42. The number of carbonyl (C=O) groups excluding carboxylic acids is 1. The molecule has 1 rings (SSSR count). The minimum Gasteiger partial charge on any atom is -0.394 e. The molecular formula is C67H107NO8. The fraction of sp³-hybridized carbons (Fsp3) is 0.597. The molecule has 1 fully saturated rings. The lowest BCUT2D eigenvalue weighted by Gasteiger charge is -2.40. The van der Waals surface area contributed by atoms with Gasteiger partial charge in [0.2, 0.25) is 5.91 Å². The van der Waals surface area contributed by atoms with Crippen LogP contribution in [0.2, 0.25) is 0 Å². The van der Waals surface area contributed by atoms with Gasteiger partial charge in [0.15, 0.2) is 6.29 Å². The molecule has 1 saturated heterocycles. The number of aliphatic hydroxyl groups excluding tert-OH is 5. The van der Waals surface area contributed by atoms with Crippen molar-refractivity contribution in [1.29, 1.82) is 0 Å². The number of ether oxygens (including phenoxy) is 2. The molecule has 0 aromatic carbocycles. The van der Waals surface area contributed by atoms with Gasteiger partial charge in [0.25, 0.3) is 0 Å². The maximum Gasteiger partial charge on any atom is 0.220 e. The minimum absolute atomic E-state index is 0.209. The molecule has 1 amide bonds. The summed E-state index contributed by atoms with van der Waals surface area (Å²) in [5.41, 5.74) is 0. The smallest absolute Gasteiger partial charge is 0.220 e. The first-order valence-electron chi connectivity index (χ1n) is 29.7. The second-order valence-electron chi connectivity index (χ2n) is 19.7. The van der Waals surface area contributed by atoms with E-state index in [1.54, 1.807) is 6.08 Å². The summed E-state index contributed by atoms with van der Waals surface area (Å²) in [5, 5.41) is 54.3. The zero-order valence-electron chi connectivity index (χ0n) is 47.4. The fourth-order valence-corrected chi connectivity index (χ4v) is 8.19. The van der Waals surface area contributed by atoms with Crippen LogP contribution in [0.5, 0.6) is 0 Å². The Kier molecular flexibility index (Phi) is 49.8. The standard InChI is InChI=1S/C67H107NO8/c1-3-5-7-9-11-13-15-17-18-19-20-21-22-23-24-25-26-27-28-29-30-31-32-33-34-35-36-37-38-39-40-41-42-43-44-45-47-49-51-53-55-57-63(71)68-60(59-75-67-66(74)65(73)64(72)62(58-69)76-67)61(70)56-54-52-50-48-46-16-14-12-10-8-6-4-2/h5,7,11,13,17-18,20-21,23-24,26-27,29-30,32-33,35-36,38-39,41-42,44-45,54,56,60-62,64-67,69-70,72-74H,3-4,6,8-10,12,14-16,19,22,25,28,31,34,37,40,43,46-53,55,57-59H2,1-2H3,(H,68,71)/b7-5-,13-11-,18-17-,21-20-,24-23-,27-26-,30-29-,33-32-,36-35-,39-38-,42-41-,45-44-,56-54+. The van der Waals surface area contributed by atoms with Crippen LogP contribution < -0.4 is 5.32 Å². The zero-order chi connectivity index (χ0) is 55.0. The molecular weight excluding hydrogens is 947 g/mol. The van der Waals surface area contributed by atoms with E-state index >= 15 is 0 Å². The van der Waals surface area contributed by atoms with E-state index in [9.17, 15) is 30.3 Å². The van der Waals surface area contributed by atoms with Crippen LogP contribution in [0.4, 0.5) is 0 Å². The van der Waals surface area contributed by atoms with E-state index in [0.717, 1.165) is 122 Å². The van der Waals surface area contributed by atoms with Crippen LogP contribution in [0.15, 0.2) is 158 Å². The van der Waals surface area contributed by atoms with Gasteiger partial charge in [0.05, 0.1) is 25.4 Å². The highest BCUT2D eigenvalue weighted by Gasteiger charge is 2.44. The fourth-order valence-electron chi connectivity index (χ4n) is 8.19. The topological polar surface area (TPSA) is 149 Å². The van der Waals surface area contributed by atoms with Crippen molar-refractivity contribution in [3.8, 4) is 0 Å². The Morgan fingerprint density at radius 1 is 0.461 bits per heavy atom. The van der Waals surface area contributed by atoms with Gasteiger partial charge in [-0.25, -0.2) is 0 Å². The SMILES string of the molecule is CC/C=C\C/C=C\C/C=C\C/C=C\C/C=C\C/C=C\C/C=C\C/C=C\C/C=C\C/C=C\C/C=C\C/C=C\CCCCCCC(=O)NC(COC1OC(CO)C(O)C(O)C1O)C(O)/C=C/CCCCCCCCCCCC. The van der Waals surface area contributed by atoms with Crippen molar-refractivity contribution in [1.82, 2.24) is 5.32 Å². The molecule has 1 heterocycles. The molecule has 9 heteroatoms. The van der Waals surface area contributed by atoms with Crippen molar-refractivity contribution >= 4 is 5.91 Å². The molecule has 0 saturated carbocycles. The summed E-state index contributed by atoms with van der Waals surface area (Å²) >= 11 is 0. The van der Waals surface area contributed by atoms with Crippen molar-refractivity contribution in [2.45, 2.75) is 243 Å². The molecule has 0 aromatic rings. The van der Waals surface area contributed by atoms with Gasteiger partial charge in [-0.1, -0.05) is 242 Å². The normalized spacial score (nSPS) is 20.0. The molecule has 9 nitrogen and oxygen atoms in total. The molecule has 76 heavy (non-hydrogen) atoms. The molecule has 7 unspecified atom stereocenters. The third kappa shape index (κ3) is 42.9. The van der Waals surface area contributed by atoms with Crippen LogP contribution in [0.3, 0.4) is 0 Å². The Bertz CT molecular complexity index is 1740. The largest absolute Gasteiger partial charge is 0.394 e. The molecule has 0 aromatic heterocycles. The van der Waals surface area contributed by atoms with E-state index in [-0.39, 0.29) is 12.5 Å². The summed E-state index contributed by atoms with van der Waals surface area (Å²) in [6, 6.07) is -0.829. The van der Waals surface area contributed by atoms with E-state index < -0.39 is 49.5 Å². The number of hydrogen-bond acceptors (Lipinski definition) is 8. The quantitative estimate of drug-likeness (QED) is 0.0261. The van der Waals surface area contributed by atoms with Gasteiger partial charge in [-0.2, -0.15) is 0 Å². The number of allylic oxidation sites excluding steroid dienone is 25. The Balaban J connectivity index is 2.19.